The summed E-state index contributed by atoms with van der Waals surface area (Å²) >= 11 is 3.41. The van der Waals surface area contributed by atoms with Crippen molar-refractivity contribution < 1.29 is 14.3 Å². The minimum atomic E-state index is -0.416. The first-order valence-electron chi connectivity index (χ1n) is 10.1. The van der Waals surface area contributed by atoms with Crippen molar-refractivity contribution in [2.45, 2.75) is 33.1 Å². The Bertz CT molecular complexity index is 1160. The Morgan fingerprint density at radius 3 is 2.65 bits per heavy atom. The van der Waals surface area contributed by atoms with E-state index in [0.717, 1.165) is 16.5 Å². The summed E-state index contributed by atoms with van der Waals surface area (Å²) < 4.78 is 12.4. The average Bonchev–Trinajstić information content (AvgIpc) is 2.77. The molecule has 0 N–H and O–H groups in total. The van der Waals surface area contributed by atoms with Gasteiger partial charge >= 0.3 is 5.97 Å². The largest absolute Gasteiger partial charge is 0.482 e. The van der Waals surface area contributed by atoms with Crippen LogP contribution in [0.1, 0.15) is 44.5 Å². The maximum atomic E-state index is 13.1. The molecule has 31 heavy (non-hydrogen) atoms. The molecule has 2 aromatic carbocycles. The Morgan fingerprint density at radius 2 is 1.97 bits per heavy atom. The third-order valence-electron chi connectivity index (χ3n) is 4.75. The SMILES string of the molecule is CCOC(=O)COc1ccc(C=Nn2c([C@@H](C)CC)nc3ccc(Br)cc3c2=O)cc1. The topological polar surface area (TPSA) is 82.8 Å². The van der Waals surface area contributed by atoms with Crippen molar-refractivity contribution in [2.75, 3.05) is 13.2 Å². The number of carbonyl (C=O) groups is 1. The number of carbonyl (C=O) groups excluding carboxylic acids is 1. The maximum absolute atomic E-state index is 13.1. The van der Waals surface area contributed by atoms with E-state index in [0.29, 0.717) is 29.1 Å². The average molecular weight is 486 g/mol. The van der Waals surface area contributed by atoms with Crippen LogP contribution in [0.2, 0.25) is 0 Å². The quantitative estimate of drug-likeness (QED) is 0.346. The number of hydrogen-bond acceptors (Lipinski definition) is 6. The molecule has 0 aliphatic rings. The zero-order valence-corrected chi connectivity index (χ0v) is 19.3. The van der Waals surface area contributed by atoms with Crippen LogP contribution in [0.25, 0.3) is 10.9 Å². The van der Waals surface area contributed by atoms with Crippen LogP contribution in [0.5, 0.6) is 5.75 Å². The normalized spacial score (nSPS) is 12.3. The standard InChI is InChI=1S/C23H24BrN3O4/c1-4-15(3)22-26-20-11-8-17(24)12-19(20)23(29)27(22)25-13-16-6-9-18(10-7-16)31-14-21(28)30-5-2/h6-13,15H,4-5,14H2,1-3H3/t15-/m0/s1. The lowest BCUT2D eigenvalue weighted by molar-refractivity contribution is -0.145. The highest BCUT2D eigenvalue weighted by Crippen LogP contribution is 2.21. The zero-order valence-electron chi connectivity index (χ0n) is 17.7. The van der Waals surface area contributed by atoms with E-state index in [9.17, 15) is 9.59 Å². The first-order chi connectivity index (χ1) is 14.9. The summed E-state index contributed by atoms with van der Waals surface area (Å²) in [5, 5.41) is 4.94. The van der Waals surface area contributed by atoms with Crippen LogP contribution in [0.15, 0.2) is 56.8 Å². The second-order valence-corrected chi connectivity index (χ2v) is 7.88. The summed E-state index contributed by atoms with van der Waals surface area (Å²) in [5.74, 6) is 0.810. The Morgan fingerprint density at radius 1 is 1.23 bits per heavy atom. The van der Waals surface area contributed by atoms with Gasteiger partial charge < -0.3 is 9.47 Å². The minimum Gasteiger partial charge on any atom is -0.482 e. The first-order valence-corrected chi connectivity index (χ1v) is 10.9. The fourth-order valence-electron chi connectivity index (χ4n) is 2.90. The number of ether oxygens (including phenoxy) is 2. The highest BCUT2D eigenvalue weighted by atomic mass is 79.9. The number of fused-ring (bicyclic) bond motifs is 1. The maximum Gasteiger partial charge on any atom is 0.344 e. The predicted molar refractivity (Wildman–Crippen MR) is 124 cm³/mol. The third kappa shape index (κ3) is 5.58. The zero-order chi connectivity index (χ0) is 22.4. The number of esters is 1. The van der Waals surface area contributed by atoms with Gasteiger partial charge in [-0.1, -0.05) is 29.8 Å². The lowest BCUT2D eigenvalue weighted by Gasteiger charge is -2.14. The molecule has 0 unspecified atom stereocenters. The van der Waals surface area contributed by atoms with Crippen LogP contribution in [-0.2, 0) is 9.53 Å². The van der Waals surface area contributed by atoms with Crippen LogP contribution >= 0.6 is 15.9 Å². The highest BCUT2D eigenvalue weighted by molar-refractivity contribution is 9.10. The summed E-state index contributed by atoms with van der Waals surface area (Å²) in [6, 6.07) is 12.5. The van der Waals surface area contributed by atoms with Crippen LogP contribution < -0.4 is 10.3 Å². The number of aromatic nitrogens is 2. The molecule has 7 nitrogen and oxygen atoms in total. The van der Waals surface area contributed by atoms with Crippen molar-refractivity contribution in [3.05, 3.63) is 68.7 Å². The molecule has 0 amide bonds. The lowest BCUT2D eigenvalue weighted by atomic mass is 10.1. The van der Waals surface area contributed by atoms with E-state index in [2.05, 4.69) is 21.0 Å². The smallest absolute Gasteiger partial charge is 0.344 e. The Hall–Kier alpha value is -3.00. The molecule has 1 aromatic heterocycles. The molecule has 0 aliphatic carbocycles. The van der Waals surface area contributed by atoms with Gasteiger partial charge in [-0.15, -0.1) is 0 Å². The van der Waals surface area contributed by atoms with E-state index < -0.39 is 5.97 Å². The summed E-state index contributed by atoms with van der Waals surface area (Å²) in [6.45, 7) is 5.98. The van der Waals surface area contributed by atoms with E-state index in [-0.39, 0.29) is 18.1 Å². The second kappa shape index (κ2) is 10.3. The van der Waals surface area contributed by atoms with E-state index in [1.165, 1.54) is 4.68 Å². The highest BCUT2D eigenvalue weighted by Gasteiger charge is 2.15. The van der Waals surface area contributed by atoms with Gasteiger partial charge in [-0.2, -0.15) is 9.78 Å². The van der Waals surface area contributed by atoms with Gasteiger partial charge in [0.15, 0.2) is 6.61 Å². The molecule has 0 saturated carbocycles. The van der Waals surface area contributed by atoms with E-state index in [4.69, 9.17) is 14.5 Å². The molecule has 162 valence electrons. The van der Waals surface area contributed by atoms with E-state index in [1.807, 2.05) is 26.0 Å². The summed E-state index contributed by atoms with van der Waals surface area (Å²) in [5.41, 5.74) is 1.21. The number of benzene rings is 2. The molecule has 1 atom stereocenters. The molecule has 0 bridgehead atoms. The van der Waals surface area contributed by atoms with Crippen molar-refractivity contribution in [1.82, 2.24) is 9.66 Å². The van der Waals surface area contributed by atoms with Gasteiger partial charge in [-0.25, -0.2) is 9.78 Å². The molecule has 0 aliphatic heterocycles. The number of hydrogen-bond donors (Lipinski definition) is 0. The molecule has 1 heterocycles. The monoisotopic (exact) mass is 485 g/mol. The molecular weight excluding hydrogens is 462 g/mol. The van der Waals surface area contributed by atoms with Gasteiger partial charge in [-0.05, 0) is 61.4 Å². The van der Waals surface area contributed by atoms with Gasteiger partial charge in [0, 0.05) is 10.4 Å². The van der Waals surface area contributed by atoms with Gasteiger partial charge in [-0.3, -0.25) is 4.79 Å². The molecule has 0 spiro atoms. The number of halogens is 1. The fraction of sp³-hybridized carbons (Fsp3) is 0.304. The Balaban J connectivity index is 1.88. The Labute approximate surface area is 188 Å². The van der Waals surface area contributed by atoms with Crippen LogP contribution in [0.4, 0.5) is 0 Å². The van der Waals surface area contributed by atoms with Crippen LogP contribution in [0, 0.1) is 0 Å². The molecule has 0 radical (unpaired) electrons. The molecule has 0 saturated heterocycles. The van der Waals surface area contributed by atoms with Crippen molar-refractivity contribution >= 4 is 39.0 Å². The van der Waals surface area contributed by atoms with Gasteiger partial charge in [0.05, 0.1) is 23.7 Å². The number of rotatable bonds is 8. The van der Waals surface area contributed by atoms with Crippen LogP contribution in [-0.4, -0.2) is 35.1 Å². The van der Waals surface area contributed by atoms with E-state index in [1.54, 1.807) is 43.5 Å². The lowest BCUT2D eigenvalue weighted by Crippen LogP contribution is -2.23. The fourth-order valence-corrected chi connectivity index (χ4v) is 3.26. The van der Waals surface area contributed by atoms with Gasteiger partial charge in [0.2, 0.25) is 0 Å². The third-order valence-corrected chi connectivity index (χ3v) is 5.24. The molecule has 3 rings (SSSR count). The second-order valence-electron chi connectivity index (χ2n) is 6.97. The summed E-state index contributed by atoms with van der Waals surface area (Å²) in [6.07, 6.45) is 2.43. The first kappa shape index (κ1) is 22.7. The van der Waals surface area contributed by atoms with Crippen molar-refractivity contribution in [1.29, 1.82) is 0 Å². The van der Waals surface area contributed by atoms with E-state index >= 15 is 0 Å². The minimum absolute atomic E-state index is 0.0662. The molecule has 3 aromatic rings. The van der Waals surface area contributed by atoms with Crippen LogP contribution in [0.3, 0.4) is 0 Å². The molecule has 0 fully saturated rings. The Kier molecular flexibility index (Phi) is 7.57. The van der Waals surface area contributed by atoms with Crippen molar-refractivity contribution in [3.63, 3.8) is 0 Å². The summed E-state index contributed by atoms with van der Waals surface area (Å²) in [4.78, 5) is 29.2. The molecule has 8 heteroatoms. The van der Waals surface area contributed by atoms with Crippen molar-refractivity contribution in [3.8, 4) is 5.75 Å². The van der Waals surface area contributed by atoms with Crippen molar-refractivity contribution in [2.24, 2.45) is 5.10 Å². The van der Waals surface area contributed by atoms with Gasteiger partial charge in [0.1, 0.15) is 11.6 Å². The number of nitrogens with zero attached hydrogens (tertiary/aromatic N) is 3. The van der Waals surface area contributed by atoms with Gasteiger partial charge in [0.25, 0.3) is 5.56 Å². The summed E-state index contributed by atoms with van der Waals surface area (Å²) in [7, 11) is 0. The predicted octanol–water partition coefficient (Wildman–Crippen LogP) is 4.50. The molecular formula is C23H24BrN3O4.